The van der Waals surface area contributed by atoms with Gasteiger partial charge in [-0.3, -0.25) is 24.5 Å². The monoisotopic (exact) mass is 669 g/mol. The van der Waals surface area contributed by atoms with E-state index in [1.165, 1.54) is 0 Å². The van der Waals surface area contributed by atoms with Crippen LogP contribution >= 0.6 is 11.6 Å². The zero-order valence-electron chi connectivity index (χ0n) is 27.4. The van der Waals surface area contributed by atoms with Crippen LogP contribution in [0, 0.1) is 6.92 Å². The number of benzene rings is 1. The minimum Gasteiger partial charge on any atom is -0.481 e. The molecule has 2 fully saturated rings. The van der Waals surface area contributed by atoms with E-state index >= 15 is 0 Å². The van der Waals surface area contributed by atoms with Crippen LogP contribution in [0.5, 0.6) is 5.88 Å². The van der Waals surface area contributed by atoms with Gasteiger partial charge in [0.15, 0.2) is 0 Å². The fourth-order valence-corrected chi connectivity index (χ4v) is 6.54. The largest absolute Gasteiger partial charge is 0.481 e. The Balaban J connectivity index is 1.15. The minimum atomic E-state index is -0.297. The van der Waals surface area contributed by atoms with Crippen LogP contribution in [-0.4, -0.2) is 77.7 Å². The molecule has 0 aliphatic carbocycles. The summed E-state index contributed by atoms with van der Waals surface area (Å²) in [5.41, 5.74) is 6.46. The SMILES string of the molecule is COc1nc(-c2ccnc(-c3cccc(NC(=O)c4ccc(CN5CC[C@H](OC)C5)cn4)c3C)c2Cl)ccc1CNC[C@@H]1CCC(=O)N1. The molecule has 11 nitrogen and oxygen atoms in total. The van der Waals surface area contributed by atoms with E-state index in [9.17, 15) is 9.59 Å². The van der Waals surface area contributed by atoms with Crippen molar-refractivity contribution in [2.24, 2.45) is 0 Å². The molecule has 0 spiro atoms. The van der Waals surface area contributed by atoms with Crippen LogP contribution in [0.4, 0.5) is 5.69 Å². The fraction of sp³-hybridized carbons (Fsp3) is 0.361. The van der Waals surface area contributed by atoms with Gasteiger partial charge in [0.2, 0.25) is 11.8 Å². The van der Waals surface area contributed by atoms with Crippen molar-refractivity contribution in [1.82, 2.24) is 30.5 Å². The smallest absolute Gasteiger partial charge is 0.274 e. The number of hydrogen-bond acceptors (Lipinski definition) is 9. The highest BCUT2D eigenvalue weighted by Gasteiger charge is 2.23. The molecule has 12 heteroatoms. The van der Waals surface area contributed by atoms with Crippen LogP contribution in [0.2, 0.25) is 5.02 Å². The molecule has 3 N–H and O–H groups in total. The van der Waals surface area contributed by atoms with Crippen LogP contribution in [0.1, 0.15) is 46.4 Å². The fourth-order valence-electron chi connectivity index (χ4n) is 6.23. The Morgan fingerprint density at radius 1 is 1.08 bits per heavy atom. The van der Waals surface area contributed by atoms with Gasteiger partial charge >= 0.3 is 0 Å². The molecule has 2 amide bonds. The summed E-state index contributed by atoms with van der Waals surface area (Å²) in [5, 5.41) is 9.80. The number of likely N-dealkylation sites (tertiary alicyclic amines) is 1. The third-order valence-electron chi connectivity index (χ3n) is 8.95. The van der Waals surface area contributed by atoms with Crippen LogP contribution in [0.25, 0.3) is 22.5 Å². The second kappa shape index (κ2) is 15.2. The molecule has 2 saturated heterocycles. The topological polar surface area (TPSA) is 131 Å². The van der Waals surface area contributed by atoms with Gasteiger partial charge in [-0.05, 0) is 55.2 Å². The van der Waals surface area contributed by atoms with Gasteiger partial charge in [0.05, 0.1) is 29.6 Å². The number of nitrogens with one attached hydrogen (secondary N) is 3. The Morgan fingerprint density at radius 2 is 1.96 bits per heavy atom. The predicted octanol–water partition coefficient (Wildman–Crippen LogP) is 5.02. The summed E-state index contributed by atoms with van der Waals surface area (Å²) in [6.07, 6.45) is 6.16. The van der Waals surface area contributed by atoms with Crippen molar-refractivity contribution in [3.05, 3.63) is 88.3 Å². The Kier molecular flexibility index (Phi) is 10.6. The van der Waals surface area contributed by atoms with Crippen molar-refractivity contribution in [3.8, 4) is 28.4 Å². The van der Waals surface area contributed by atoms with Gasteiger partial charge in [-0.15, -0.1) is 0 Å². The molecule has 2 aliphatic heterocycles. The minimum absolute atomic E-state index is 0.0961. The van der Waals surface area contributed by atoms with E-state index in [1.54, 1.807) is 32.7 Å². The van der Waals surface area contributed by atoms with Crippen molar-refractivity contribution < 1.29 is 19.1 Å². The Morgan fingerprint density at radius 3 is 2.69 bits per heavy atom. The maximum Gasteiger partial charge on any atom is 0.274 e. The lowest BCUT2D eigenvalue weighted by Crippen LogP contribution is -2.35. The molecule has 48 heavy (non-hydrogen) atoms. The first-order valence-electron chi connectivity index (χ1n) is 16.1. The lowest BCUT2D eigenvalue weighted by atomic mass is 10.0. The molecule has 2 atom stereocenters. The molecular weight excluding hydrogens is 630 g/mol. The summed E-state index contributed by atoms with van der Waals surface area (Å²) < 4.78 is 11.1. The number of carbonyl (C=O) groups excluding carboxylic acids is 2. The number of rotatable bonds is 12. The van der Waals surface area contributed by atoms with Gasteiger partial charge in [-0.1, -0.05) is 35.9 Å². The molecule has 0 saturated carbocycles. The highest BCUT2D eigenvalue weighted by molar-refractivity contribution is 6.35. The molecule has 0 radical (unpaired) electrons. The first kappa shape index (κ1) is 33.5. The van der Waals surface area contributed by atoms with Crippen LogP contribution in [-0.2, 0) is 22.6 Å². The van der Waals surface area contributed by atoms with Crippen molar-refractivity contribution in [1.29, 1.82) is 0 Å². The second-order valence-electron chi connectivity index (χ2n) is 12.2. The van der Waals surface area contributed by atoms with E-state index in [0.29, 0.717) is 58.7 Å². The highest BCUT2D eigenvalue weighted by Crippen LogP contribution is 2.38. The van der Waals surface area contributed by atoms with Crippen molar-refractivity contribution in [2.45, 2.75) is 51.4 Å². The maximum absolute atomic E-state index is 13.2. The number of anilines is 1. The number of nitrogens with zero attached hydrogens (tertiary/aromatic N) is 4. The van der Waals surface area contributed by atoms with E-state index in [2.05, 4.69) is 30.8 Å². The van der Waals surface area contributed by atoms with Gasteiger partial charge in [-0.2, -0.15) is 0 Å². The third-order valence-corrected chi connectivity index (χ3v) is 9.33. The Hall–Kier alpha value is -4.42. The quantitative estimate of drug-likeness (QED) is 0.190. The normalized spacial score (nSPS) is 17.8. The summed E-state index contributed by atoms with van der Waals surface area (Å²) in [6.45, 7) is 5.80. The summed E-state index contributed by atoms with van der Waals surface area (Å²) in [4.78, 5) is 40.8. The van der Waals surface area contributed by atoms with Crippen molar-refractivity contribution in [2.75, 3.05) is 39.2 Å². The van der Waals surface area contributed by atoms with E-state index in [-0.39, 0.29) is 24.0 Å². The van der Waals surface area contributed by atoms with Gasteiger partial charge in [0.1, 0.15) is 5.69 Å². The van der Waals surface area contributed by atoms with Gasteiger partial charge in [-0.25, -0.2) is 4.98 Å². The molecule has 5 heterocycles. The molecule has 0 bridgehead atoms. The summed E-state index contributed by atoms with van der Waals surface area (Å²) in [7, 11) is 3.34. The number of ether oxygens (including phenoxy) is 2. The van der Waals surface area contributed by atoms with Crippen molar-refractivity contribution >= 4 is 29.1 Å². The Bertz CT molecular complexity index is 1790. The standard InChI is InChI=1S/C36H40ClN7O4/c1-22-27(5-4-6-29(22)42-35(46)31-10-7-23(17-40-31)20-44-16-14-26(21-44)47-2)34-33(37)28(13-15-39-34)30-11-8-24(36(43-30)48-3)18-38-19-25-9-12-32(45)41-25/h4-8,10-11,13,15,17,25-26,38H,9,12,14,16,18-21H2,1-3H3,(H,41,45)(H,42,46)/t25-,26-/m0/s1. The van der Waals surface area contributed by atoms with E-state index in [1.807, 2.05) is 49.4 Å². The number of aromatic nitrogens is 3. The van der Waals surface area contributed by atoms with E-state index < -0.39 is 0 Å². The number of halogens is 1. The summed E-state index contributed by atoms with van der Waals surface area (Å²) in [6, 6.07) is 15.2. The van der Waals surface area contributed by atoms with Gasteiger partial charge in [0.25, 0.3) is 5.91 Å². The molecular formula is C36H40ClN7O4. The second-order valence-corrected chi connectivity index (χ2v) is 12.6. The molecule has 1 aromatic carbocycles. The Labute approximate surface area is 285 Å². The molecule has 2 aliphatic rings. The highest BCUT2D eigenvalue weighted by atomic mass is 35.5. The average Bonchev–Trinajstić information content (AvgIpc) is 3.74. The third kappa shape index (κ3) is 7.65. The number of amides is 2. The van der Waals surface area contributed by atoms with Crippen molar-refractivity contribution in [3.63, 3.8) is 0 Å². The number of carbonyl (C=O) groups is 2. The van der Waals surface area contributed by atoms with Crippen LogP contribution in [0.3, 0.4) is 0 Å². The molecule has 0 unspecified atom stereocenters. The van der Waals surface area contributed by atoms with Crippen LogP contribution in [0.15, 0.2) is 60.9 Å². The van der Waals surface area contributed by atoms with Gasteiger partial charge < -0.3 is 25.4 Å². The first-order valence-corrected chi connectivity index (χ1v) is 16.5. The molecule has 6 rings (SSSR count). The lowest BCUT2D eigenvalue weighted by molar-refractivity contribution is -0.119. The average molecular weight is 670 g/mol. The zero-order valence-corrected chi connectivity index (χ0v) is 28.1. The summed E-state index contributed by atoms with van der Waals surface area (Å²) >= 11 is 7.00. The maximum atomic E-state index is 13.2. The zero-order chi connectivity index (χ0) is 33.6. The lowest BCUT2D eigenvalue weighted by Gasteiger charge is -2.16. The van der Waals surface area contributed by atoms with E-state index in [0.717, 1.165) is 54.7 Å². The van der Waals surface area contributed by atoms with Gasteiger partial charge in [0, 0.05) is 87.1 Å². The molecule has 4 aromatic rings. The number of methoxy groups -OCH3 is 2. The molecule has 3 aromatic heterocycles. The van der Waals surface area contributed by atoms with E-state index in [4.69, 9.17) is 26.1 Å². The number of hydrogen-bond donors (Lipinski definition) is 3. The first-order chi connectivity index (χ1) is 23.3. The molecule has 250 valence electrons. The summed E-state index contributed by atoms with van der Waals surface area (Å²) in [5.74, 6) is 0.288. The number of pyridine rings is 3. The predicted molar refractivity (Wildman–Crippen MR) is 185 cm³/mol. The van der Waals surface area contributed by atoms with Crippen LogP contribution < -0.4 is 20.7 Å².